The molecule has 8 nitrogen and oxygen atoms in total. The summed E-state index contributed by atoms with van der Waals surface area (Å²) in [4.78, 5) is 16.8. The van der Waals surface area contributed by atoms with Gasteiger partial charge in [-0.05, 0) is 39.3 Å². The third-order valence-electron chi connectivity index (χ3n) is 4.01. The van der Waals surface area contributed by atoms with E-state index >= 15 is 0 Å². The summed E-state index contributed by atoms with van der Waals surface area (Å²) in [5.41, 5.74) is 7.21. The van der Waals surface area contributed by atoms with Gasteiger partial charge >= 0.3 is 5.69 Å². The highest BCUT2D eigenvalue weighted by molar-refractivity contribution is 5.88. The van der Waals surface area contributed by atoms with E-state index in [0.29, 0.717) is 25.4 Å². The molecule has 1 heterocycles. The normalized spacial score (nSPS) is 12.3. The first-order valence-electron chi connectivity index (χ1n) is 8.80. The third kappa shape index (κ3) is 4.64. The van der Waals surface area contributed by atoms with E-state index < -0.39 is 5.60 Å². The molecule has 1 aromatic heterocycles. The Morgan fingerprint density at radius 3 is 2.73 bits per heavy atom. The lowest BCUT2D eigenvalue weighted by atomic mass is 10.1. The summed E-state index contributed by atoms with van der Waals surface area (Å²) in [5.74, 6) is 0. The standard InChI is InChI=1S/C18H29N5O3/c1-5-26-8-6-7-20-13-10-16-15(9-14(13)21-12-19)22(4)17(24)23(16)11-18(2,3)25/h9-10,12,20,25H,5-8,11H2,1-4H3,(H2,19,21). The molecule has 4 N–H and O–H groups in total. The molecule has 0 saturated heterocycles. The van der Waals surface area contributed by atoms with Gasteiger partial charge in [0.15, 0.2) is 0 Å². The summed E-state index contributed by atoms with van der Waals surface area (Å²) < 4.78 is 8.48. The SMILES string of the molecule is CCOCCCNc1cc2c(cc1N=CN)n(C)c(=O)n2CC(C)(C)O. The molecular weight excluding hydrogens is 334 g/mol. The van der Waals surface area contributed by atoms with Gasteiger partial charge in [-0.3, -0.25) is 9.13 Å². The van der Waals surface area contributed by atoms with E-state index in [1.54, 1.807) is 30.0 Å². The van der Waals surface area contributed by atoms with E-state index in [9.17, 15) is 9.90 Å². The predicted molar refractivity (Wildman–Crippen MR) is 105 cm³/mol. The van der Waals surface area contributed by atoms with Gasteiger partial charge in [0.25, 0.3) is 0 Å². The maximum Gasteiger partial charge on any atom is 0.328 e. The van der Waals surface area contributed by atoms with Crippen molar-refractivity contribution in [2.45, 2.75) is 39.3 Å². The number of aromatic nitrogens is 2. The van der Waals surface area contributed by atoms with Crippen LogP contribution in [0.1, 0.15) is 27.2 Å². The average Bonchev–Trinajstić information content (AvgIpc) is 2.78. The number of hydrogen-bond donors (Lipinski definition) is 3. The Labute approximate surface area is 153 Å². The quantitative estimate of drug-likeness (QED) is 0.356. The van der Waals surface area contributed by atoms with Crippen LogP contribution in [0.25, 0.3) is 11.0 Å². The second kappa shape index (κ2) is 8.37. The monoisotopic (exact) mass is 363 g/mol. The molecule has 26 heavy (non-hydrogen) atoms. The van der Waals surface area contributed by atoms with Crippen molar-refractivity contribution in [2.24, 2.45) is 17.8 Å². The summed E-state index contributed by atoms with van der Waals surface area (Å²) in [6.07, 6.45) is 2.08. The van der Waals surface area contributed by atoms with Crippen molar-refractivity contribution in [1.82, 2.24) is 9.13 Å². The van der Waals surface area contributed by atoms with Crippen molar-refractivity contribution in [3.63, 3.8) is 0 Å². The Morgan fingerprint density at radius 2 is 2.12 bits per heavy atom. The Kier molecular flexibility index (Phi) is 6.44. The molecule has 0 aliphatic rings. The molecule has 0 unspecified atom stereocenters. The smallest absolute Gasteiger partial charge is 0.328 e. The lowest BCUT2D eigenvalue weighted by molar-refractivity contribution is 0.0615. The number of hydrogen-bond acceptors (Lipinski definition) is 5. The number of aliphatic imine (C=N–C) groups is 1. The van der Waals surface area contributed by atoms with Crippen molar-refractivity contribution >= 4 is 28.7 Å². The van der Waals surface area contributed by atoms with Crippen molar-refractivity contribution < 1.29 is 9.84 Å². The predicted octanol–water partition coefficient (Wildman–Crippen LogP) is 1.57. The number of fused-ring (bicyclic) bond motifs is 1. The summed E-state index contributed by atoms with van der Waals surface area (Å²) in [6, 6.07) is 3.71. The third-order valence-corrected chi connectivity index (χ3v) is 4.01. The molecule has 2 aromatic rings. The number of anilines is 1. The zero-order chi connectivity index (χ0) is 19.3. The van der Waals surface area contributed by atoms with Crippen LogP contribution < -0.4 is 16.7 Å². The lowest BCUT2D eigenvalue weighted by Crippen LogP contribution is -2.33. The molecule has 0 amide bonds. The molecule has 0 atom stereocenters. The molecule has 0 saturated carbocycles. The van der Waals surface area contributed by atoms with Gasteiger partial charge in [-0.1, -0.05) is 0 Å². The molecule has 1 aromatic carbocycles. The van der Waals surface area contributed by atoms with Crippen LogP contribution in [0.3, 0.4) is 0 Å². The fourth-order valence-electron chi connectivity index (χ4n) is 2.85. The number of benzene rings is 1. The minimum atomic E-state index is -1.00. The van der Waals surface area contributed by atoms with Crippen LogP contribution in [0.5, 0.6) is 0 Å². The molecule has 0 spiro atoms. The molecule has 2 rings (SSSR count). The second-order valence-electron chi connectivity index (χ2n) is 6.85. The van der Waals surface area contributed by atoms with Gasteiger partial charge in [-0.15, -0.1) is 0 Å². The maximum absolute atomic E-state index is 12.6. The molecule has 0 aliphatic carbocycles. The number of rotatable bonds is 9. The van der Waals surface area contributed by atoms with E-state index in [2.05, 4.69) is 10.3 Å². The van der Waals surface area contributed by atoms with E-state index in [1.165, 1.54) is 6.34 Å². The summed E-state index contributed by atoms with van der Waals surface area (Å²) >= 11 is 0. The molecule has 144 valence electrons. The van der Waals surface area contributed by atoms with Crippen molar-refractivity contribution in [2.75, 3.05) is 25.1 Å². The number of aryl methyl sites for hydroxylation is 1. The maximum atomic E-state index is 12.6. The fourth-order valence-corrected chi connectivity index (χ4v) is 2.85. The minimum Gasteiger partial charge on any atom is -0.390 e. The van der Waals surface area contributed by atoms with Gasteiger partial charge in [0.2, 0.25) is 0 Å². The van der Waals surface area contributed by atoms with Crippen LogP contribution in [0.4, 0.5) is 11.4 Å². The van der Waals surface area contributed by atoms with Gasteiger partial charge in [0.05, 0.1) is 40.9 Å². The van der Waals surface area contributed by atoms with Crippen molar-refractivity contribution in [3.8, 4) is 0 Å². The highest BCUT2D eigenvalue weighted by Gasteiger charge is 2.20. The van der Waals surface area contributed by atoms with Gasteiger partial charge in [-0.2, -0.15) is 0 Å². The highest BCUT2D eigenvalue weighted by atomic mass is 16.5. The van der Waals surface area contributed by atoms with Crippen LogP contribution >= 0.6 is 0 Å². The first-order chi connectivity index (χ1) is 12.3. The van der Waals surface area contributed by atoms with Crippen LogP contribution in [-0.2, 0) is 18.3 Å². The lowest BCUT2D eigenvalue weighted by Gasteiger charge is -2.18. The molecule has 0 aliphatic heterocycles. The largest absolute Gasteiger partial charge is 0.390 e. The Balaban J connectivity index is 2.44. The number of aliphatic hydroxyl groups is 1. The number of ether oxygens (including phenoxy) is 1. The first kappa shape index (κ1) is 20.0. The van der Waals surface area contributed by atoms with Gasteiger partial charge in [-0.25, -0.2) is 9.79 Å². The Morgan fingerprint density at radius 1 is 1.38 bits per heavy atom. The molecule has 0 bridgehead atoms. The van der Waals surface area contributed by atoms with E-state index in [1.807, 2.05) is 19.1 Å². The Hall–Kier alpha value is -2.32. The number of nitrogens with zero attached hydrogens (tertiary/aromatic N) is 3. The van der Waals surface area contributed by atoms with Crippen LogP contribution in [-0.4, -0.2) is 45.9 Å². The number of nitrogens with one attached hydrogen (secondary N) is 1. The minimum absolute atomic E-state index is 0.182. The second-order valence-corrected chi connectivity index (χ2v) is 6.85. The average molecular weight is 363 g/mol. The highest BCUT2D eigenvalue weighted by Crippen LogP contribution is 2.30. The molecular formula is C18H29N5O3. The summed E-state index contributed by atoms with van der Waals surface area (Å²) in [6.45, 7) is 7.61. The van der Waals surface area contributed by atoms with Crippen molar-refractivity contribution in [3.05, 3.63) is 22.6 Å². The first-order valence-corrected chi connectivity index (χ1v) is 8.80. The number of imidazole rings is 1. The zero-order valence-electron chi connectivity index (χ0n) is 16.0. The van der Waals surface area contributed by atoms with Gasteiger partial charge in [0.1, 0.15) is 0 Å². The van der Waals surface area contributed by atoms with Crippen LogP contribution in [0.2, 0.25) is 0 Å². The zero-order valence-corrected chi connectivity index (χ0v) is 16.0. The topological polar surface area (TPSA) is 107 Å². The molecule has 0 fully saturated rings. The van der Waals surface area contributed by atoms with E-state index in [-0.39, 0.29) is 12.2 Å². The van der Waals surface area contributed by atoms with E-state index in [4.69, 9.17) is 10.5 Å². The van der Waals surface area contributed by atoms with Crippen LogP contribution in [0.15, 0.2) is 21.9 Å². The Bertz CT molecular complexity index is 830. The summed E-state index contributed by atoms with van der Waals surface area (Å²) in [5, 5.41) is 13.5. The fraction of sp³-hybridized carbons (Fsp3) is 0.556. The van der Waals surface area contributed by atoms with Gasteiger partial charge in [0, 0.05) is 26.8 Å². The van der Waals surface area contributed by atoms with Gasteiger partial charge < -0.3 is 20.9 Å². The van der Waals surface area contributed by atoms with Crippen molar-refractivity contribution in [1.29, 1.82) is 0 Å². The summed E-state index contributed by atoms with van der Waals surface area (Å²) in [7, 11) is 1.71. The number of nitrogens with two attached hydrogens (primary N) is 1. The molecule has 0 radical (unpaired) electrons. The van der Waals surface area contributed by atoms with E-state index in [0.717, 1.165) is 23.1 Å². The molecule has 8 heteroatoms. The van der Waals surface area contributed by atoms with Crippen LogP contribution in [0, 0.1) is 0 Å².